The van der Waals surface area contributed by atoms with Crippen molar-refractivity contribution < 1.29 is 9.47 Å². The molecule has 2 N–H and O–H groups in total. The minimum absolute atomic E-state index is 0.286. The van der Waals surface area contributed by atoms with Crippen LogP contribution in [0.3, 0.4) is 0 Å². The van der Waals surface area contributed by atoms with Crippen molar-refractivity contribution >= 4 is 28.7 Å². The van der Waals surface area contributed by atoms with Gasteiger partial charge in [0.05, 0.1) is 30.7 Å². The van der Waals surface area contributed by atoms with Gasteiger partial charge in [0.15, 0.2) is 5.11 Å². The van der Waals surface area contributed by atoms with Crippen LogP contribution in [0.4, 0.5) is 11.4 Å². The molecule has 1 aromatic carbocycles. The number of thiocarbonyl (C=S) groups is 1. The first-order valence-corrected chi connectivity index (χ1v) is 8.32. The molecule has 0 spiro atoms. The van der Waals surface area contributed by atoms with E-state index in [1.54, 1.807) is 0 Å². The van der Waals surface area contributed by atoms with Crippen molar-refractivity contribution in [3.63, 3.8) is 0 Å². The number of anilines is 2. The second kappa shape index (κ2) is 7.76. The SMILES string of the molecule is S=C(NC[C@@H]1CCCO1)Nc1ccccc1N1CCOCC1. The molecule has 0 bridgehead atoms. The summed E-state index contributed by atoms with van der Waals surface area (Å²) in [6.07, 6.45) is 2.54. The standard InChI is InChI=1S/C16H23N3O2S/c22-16(17-12-13-4-3-9-21-13)18-14-5-1-2-6-15(14)19-7-10-20-11-8-19/h1-2,5-6,13H,3-4,7-12H2,(H2,17,18,22)/t13-/m0/s1. The predicted molar refractivity (Wildman–Crippen MR) is 92.7 cm³/mol. The minimum Gasteiger partial charge on any atom is -0.378 e. The number of nitrogens with one attached hydrogen (secondary N) is 2. The first-order valence-electron chi connectivity index (χ1n) is 7.91. The molecule has 2 fully saturated rings. The molecule has 5 nitrogen and oxygen atoms in total. The Balaban J connectivity index is 1.57. The Bertz CT molecular complexity index is 500. The summed E-state index contributed by atoms with van der Waals surface area (Å²) in [6.45, 7) is 5.01. The lowest BCUT2D eigenvalue weighted by Crippen LogP contribution is -2.38. The smallest absolute Gasteiger partial charge is 0.170 e. The minimum atomic E-state index is 0.286. The summed E-state index contributed by atoms with van der Waals surface area (Å²) in [7, 11) is 0. The summed E-state index contributed by atoms with van der Waals surface area (Å²) in [5.74, 6) is 0. The molecule has 3 rings (SSSR count). The Kier molecular flexibility index (Phi) is 5.48. The molecular formula is C16H23N3O2S. The van der Waals surface area contributed by atoms with Crippen molar-refractivity contribution in [3.8, 4) is 0 Å². The average Bonchev–Trinajstić information content (AvgIpc) is 3.08. The first-order chi connectivity index (χ1) is 10.8. The summed E-state index contributed by atoms with van der Waals surface area (Å²) in [5, 5.41) is 7.22. The largest absolute Gasteiger partial charge is 0.378 e. The summed E-state index contributed by atoms with van der Waals surface area (Å²) < 4.78 is 11.0. The van der Waals surface area contributed by atoms with Crippen LogP contribution in [-0.2, 0) is 9.47 Å². The first kappa shape index (κ1) is 15.5. The number of hydrogen-bond acceptors (Lipinski definition) is 4. The van der Waals surface area contributed by atoms with Crippen molar-refractivity contribution in [1.82, 2.24) is 5.32 Å². The highest BCUT2D eigenvalue weighted by atomic mass is 32.1. The van der Waals surface area contributed by atoms with Crippen LogP contribution in [-0.4, -0.2) is 50.7 Å². The molecule has 120 valence electrons. The number of nitrogens with zero attached hydrogens (tertiary/aromatic N) is 1. The van der Waals surface area contributed by atoms with Crippen molar-refractivity contribution in [3.05, 3.63) is 24.3 Å². The Labute approximate surface area is 137 Å². The molecule has 0 aromatic heterocycles. The maximum atomic E-state index is 5.60. The van der Waals surface area contributed by atoms with E-state index in [-0.39, 0.29) is 6.10 Å². The third-order valence-electron chi connectivity index (χ3n) is 4.02. The van der Waals surface area contributed by atoms with Crippen LogP contribution in [0.5, 0.6) is 0 Å². The van der Waals surface area contributed by atoms with E-state index in [0.717, 1.165) is 58.0 Å². The number of rotatable bonds is 4. The van der Waals surface area contributed by atoms with E-state index in [1.807, 2.05) is 6.07 Å². The molecule has 0 saturated carbocycles. The van der Waals surface area contributed by atoms with Crippen LogP contribution in [0.25, 0.3) is 0 Å². The maximum absolute atomic E-state index is 5.60. The van der Waals surface area contributed by atoms with Crippen LogP contribution in [0.1, 0.15) is 12.8 Å². The molecule has 0 amide bonds. The van der Waals surface area contributed by atoms with Crippen molar-refractivity contribution in [1.29, 1.82) is 0 Å². The van der Waals surface area contributed by atoms with E-state index < -0.39 is 0 Å². The Morgan fingerprint density at radius 1 is 1.23 bits per heavy atom. The van der Waals surface area contributed by atoms with Crippen LogP contribution >= 0.6 is 12.2 Å². The highest BCUT2D eigenvalue weighted by Crippen LogP contribution is 2.26. The van der Waals surface area contributed by atoms with E-state index in [0.29, 0.717) is 5.11 Å². The summed E-state index contributed by atoms with van der Waals surface area (Å²) in [4.78, 5) is 2.33. The highest BCUT2D eigenvalue weighted by molar-refractivity contribution is 7.80. The molecule has 2 aliphatic rings. The molecule has 6 heteroatoms. The van der Waals surface area contributed by atoms with Gasteiger partial charge in [0.2, 0.25) is 0 Å². The number of para-hydroxylation sites is 2. The van der Waals surface area contributed by atoms with Gasteiger partial charge in [-0.25, -0.2) is 0 Å². The van der Waals surface area contributed by atoms with Crippen LogP contribution < -0.4 is 15.5 Å². The van der Waals surface area contributed by atoms with Crippen molar-refractivity contribution in [2.24, 2.45) is 0 Å². The van der Waals surface area contributed by atoms with E-state index in [9.17, 15) is 0 Å². The highest BCUT2D eigenvalue weighted by Gasteiger charge is 2.17. The molecule has 2 aliphatic heterocycles. The molecule has 22 heavy (non-hydrogen) atoms. The van der Waals surface area contributed by atoms with Crippen molar-refractivity contribution in [2.75, 3.05) is 49.7 Å². The summed E-state index contributed by atoms with van der Waals surface area (Å²) in [5.41, 5.74) is 2.21. The predicted octanol–water partition coefficient (Wildman–Crippen LogP) is 1.99. The number of morpholine rings is 1. The second-order valence-electron chi connectivity index (χ2n) is 5.59. The van der Waals surface area contributed by atoms with Crippen LogP contribution in [0, 0.1) is 0 Å². The quantitative estimate of drug-likeness (QED) is 0.827. The van der Waals surface area contributed by atoms with Gasteiger partial charge in [0.25, 0.3) is 0 Å². The zero-order valence-electron chi connectivity index (χ0n) is 12.7. The van der Waals surface area contributed by atoms with Gasteiger partial charge < -0.3 is 25.0 Å². The molecular weight excluding hydrogens is 298 g/mol. The third kappa shape index (κ3) is 4.09. The Morgan fingerprint density at radius 3 is 2.82 bits per heavy atom. The third-order valence-corrected chi connectivity index (χ3v) is 4.26. The van der Waals surface area contributed by atoms with Gasteiger partial charge in [0.1, 0.15) is 0 Å². The lowest BCUT2D eigenvalue weighted by Gasteiger charge is -2.30. The molecule has 0 unspecified atom stereocenters. The Hall–Kier alpha value is -1.37. The zero-order chi connectivity index (χ0) is 15.2. The Morgan fingerprint density at radius 2 is 2.05 bits per heavy atom. The number of benzene rings is 1. The van der Waals surface area contributed by atoms with Gasteiger partial charge in [-0.2, -0.15) is 0 Å². The van der Waals surface area contributed by atoms with E-state index in [1.165, 1.54) is 5.69 Å². The molecule has 2 heterocycles. The van der Waals surface area contributed by atoms with E-state index in [2.05, 4.69) is 33.7 Å². The van der Waals surface area contributed by atoms with Gasteiger partial charge >= 0.3 is 0 Å². The average molecular weight is 321 g/mol. The zero-order valence-corrected chi connectivity index (χ0v) is 13.5. The van der Waals surface area contributed by atoms with Crippen LogP contribution in [0.15, 0.2) is 24.3 Å². The molecule has 1 atom stereocenters. The topological polar surface area (TPSA) is 45.8 Å². The second-order valence-corrected chi connectivity index (χ2v) is 5.99. The molecule has 2 saturated heterocycles. The molecule has 1 aromatic rings. The van der Waals surface area contributed by atoms with Crippen molar-refractivity contribution in [2.45, 2.75) is 18.9 Å². The maximum Gasteiger partial charge on any atom is 0.170 e. The normalized spacial score (nSPS) is 21.6. The number of ether oxygens (including phenoxy) is 2. The van der Waals surface area contributed by atoms with Gasteiger partial charge in [-0.15, -0.1) is 0 Å². The van der Waals surface area contributed by atoms with E-state index in [4.69, 9.17) is 21.7 Å². The van der Waals surface area contributed by atoms with Gasteiger partial charge in [-0.3, -0.25) is 0 Å². The fraction of sp³-hybridized carbons (Fsp3) is 0.562. The summed E-state index contributed by atoms with van der Waals surface area (Å²) >= 11 is 5.41. The summed E-state index contributed by atoms with van der Waals surface area (Å²) in [6, 6.07) is 8.26. The fourth-order valence-corrected chi connectivity index (χ4v) is 3.03. The monoisotopic (exact) mass is 321 g/mol. The van der Waals surface area contributed by atoms with E-state index >= 15 is 0 Å². The fourth-order valence-electron chi connectivity index (χ4n) is 2.84. The van der Waals surface area contributed by atoms with Gasteiger partial charge in [-0.1, -0.05) is 12.1 Å². The lowest BCUT2D eigenvalue weighted by atomic mass is 10.2. The van der Waals surface area contributed by atoms with Crippen LogP contribution in [0.2, 0.25) is 0 Å². The molecule has 0 aliphatic carbocycles. The van der Waals surface area contributed by atoms with Gasteiger partial charge in [-0.05, 0) is 37.2 Å². The van der Waals surface area contributed by atoms with Gasteiger partial charge in [0, 0.05) is 26.2 Å². The molecule has 0 radical (unpaired) electrons. The lowest BCUT2D eigenvalue weighted by molar-refractivity contribution is 0.114. The number of hydrogen-bond donors (Lipinski definition) is 2.